The Bertz CT molecular complexity index is 763. The summed E-state index contributed by atoms with van der Waals surface area (Å²) in [6.45, 7) is 1.47. The smallest absolute Gasteiger partial charge is 0.275 e. The molecular weight excluding hydrogens is 342 g/mol. The number of aromatic nitrogens is 3. The first-order valence-corrected chi connectivity index (χ1v) is 8.68. The van der Waals surface area contributed by atoms with Gasteiger partial charge in [0.2, 0.25) is 5.91 Å². The maximum Gasteiger partial charge on any atom is 0.275 e. The molecule has 0 radical (unpaired) electrons. The maximum atomic E-state index is 12.4. The van der Waals surface area contributed by atoms with Crippen molar-refractivity contribution in [2.45, 2.75) is 19.6 Å². The van der Waals surface area contributed by atoms with Gasteiger partial charge in [-0.25, -0.2) is 0 Å². The van der Waals surface area contributed by atoms with E-state index in [1.54, 1.807) is 36.8 Å². The van der Waals surface area contributed by atoms with Crippen LogP contribution in [0.2, 0.25) is 0 Å². The van der Waals surface area contributed by atoms with Gasteiger partial charge in [-0.05, 0) is 34.6 Å². The first-order chi connectivity index (χ1) is 12.1. The summed E-state index contributed by atoms with van der Waals surface area (Å²) in [5.41, 5.74) is 3.49. The van der Waals surface area contributed by atoms with Gasteiger partial charge in [-0.15, -0.1) is 5.10 Å². The first-order valence-electron chi connectivity index (χ1n) is 7.85. The Kier molecular flexibility index (Phi) is 5.34. The molecule has 0 spiro atoms. The summed E-state index contributed by atoms with van der Waals surface area (Å²) in [5.74, 6) is -0.191. The quantitative estimate of drug-likeness (QED) is 0.780. The molecule has 0 N–H and O–H groups in total. The van der Waals surface area contributed by atoms with Gasteiger partial charge < -0.3 is 14.5 Å². The van der Waals surface area contributed by atoms with E-state index in [4.69, 9.17) is 4.74 Å². The van der Waals surface area contributed by atoms with Gasteiger partial charge in [-0.2, -0.15) is 0 Å². The molecule has 0 aromatic carbocycles. The minimum atomic E-state index is -0.113. The fourth-order valence-corrected chi connectivity index (χ4v) is 3.09. The molecule has 25 heavy (non-hydrogen) atoms. The molecule has 0 unspecified atom stereocenters. The van der Waals surface area contributed by atoms with Crippen LogP contribution in [0.25, 0.3) is 0 Å². The monoisotopic (exact) mass is 361 g/mol. The number of fused-ring (bicyclic) bond motifs is 1. The average Bonchev–Trinajstić information content (AvgIpc) is 3.15. The molecule has 8 nitrogen and oxygen atoms in total. The van der Waals surface area contributed by atoms with Gasteiger partial charge >= 0.3 is 0 Å². The van der Waals surface area contributed by atoms with Crippen molar-refractivity contribution >= 4 is 23.3 Å². The minimum absolute atomic E-state index is 0.0398. The molecule has 0 bridgehead atoms. The molecule has 3 rings (SSSR count). The summed E-state index contributed by atoms with van der Waals surface area (Å²) < 4.78 is 9.25. The van der Waals surface area contributed by atoms with E-state index < -0.39 is 0 Å². The Labute approximate surface area is 149 Å². The number of ether oxygens (including phenoxy) is 1. The molecule has 132 valence electrons. The van der Waals surface area contributed by atoms with Crippen LogP contribution in [0.4, 0.5) is 0 Å². The number of nitrogens with zero attached hydrogens (tertiary/aromatic N) is 5. The second-order valence-corrected chi connectivity index (χ2v) is 6.59. The second-order valence-electron chi connectivity index (χ2n) is 5.98. The second kappa shape index (κ2) is 7.66. The maximum absolute atomic E-state index is 12.4. The molecule has 0 aliphatic carbocycles. The zero-order chi connectivity index (χ0) is 17.8. The molecular formula is C16H19N5O3S. The fraction of sp³-hybridized carbons (Fsp3) is 0.438. The van der Waals surface area contributed by atoms with E-state index in [1.165, 1.54) is 4.90 Å². The van der Waals surface area contributed by atoms with Crippen molar-refractivity contribution in [2.24, 2.45) is 0 Å². The van der Waals surface area contributed by atoms with Crippen LogP contribution in [0.1, 0.15) is 27.2 Å². The SMILES string of the molecule is CN(C)C(=O)COCc1cncc2c1CCN(C(=O)c1csnn1)C2. The summed E-state index contributed by atoms with van der Waals surface area (Å²) >= 11 is 1.16. The van der Waals surface area contributed by atoms with Crippen molar-refractivity contribution < 1.29 is 14.3 Å². The third-order valence-electron chi connectivity index (χ3n) is 4.08. The topological polar surface area (TPSA) is 88.5 Å². The number of amides is 2. The highest BCUT2D eigenvalue weighted by atomic mass is 32.1. The Balaban J connectivity index is 1.66. The fourth-order valence-electron chi connectivity index (χ4n) is 2.66. The van der Waals surface area contributed by atoms with Gasteiger partial charge in [0, 0.05) is 45.0 Å². The van der Waals surface area contributed by atoms with Crippen molar-refractivity contribution in [1.82, 2.24) is 24.4 Å². The predicted molar refractivity (Wildman–Crippen MR) is 90.9 cm³/mol. The van der Waals surface area contributed by atoms with Crippen molar-refractivity contribution in [3.63, 3.8) is 0 Å². The lowest BCUT2D eigenvalue weighted by Crippen LogP contribution is -2.36. The average molecular weight is 361 g/mol. The number of hydrogen-bond acceptors (Lipinski definition) is 7. The molecule has 2 aromatic rings. The van der Waals surface area contributed by atoms with Gasteiger partial charge in [0.1, 0.15) is 6.61 Å². The van der Waals surface area contributed by atoms with Crippen LogP contribution in [-0.4, -0.2) is 63.4 Å². The lowest BCUT2D eigenvalue weighted by molar-refractivity contribution is -0.133. The van der Waals surface area contributed by atoms with E-state index in [2.05, 4.69) is 14.6 Å². The Morgan fingerprint density at radius 2 is 2.20 bits per heavy atom. The van der Waals surface area contributed by atoms with Crippen molar-refractivity contribution in [3.05, 3.63) is 40.2 Å². The van der Waals surface area contributed by atoms with Crippen LogP contribution in [-0.2, 0) is 29.1 Å². The van der Waals surface area contributed by atoms with Crippen LogP contribution >= 0.6 is 11.5 Å². The van der Waals surface area contributed by atoms with Crippen LogP contribution in [0, 0.1) is 0 Å². The number of rotatable bonds is 5. The summed E-state index contributed by atoms with van der Waals surface area (Å²) in [4.78, 5) is 31.5. The standard InChI is InChI=1S/C16H19N5O3S/c1-20(2)15(22)9-24-8-12-6-17-5-11-7-21(4-3-13(11)12)16(23)14-10-25-19-18-14/h5-6,10H,3-4,7-9H2,1-2H3. The Morgan fingerprint density at radius 1 is 1.36 bits per heavy atom. The lowest BCUT2D eigenvalue weighted by atomic mass is 9.97. The number of carbonyl (C=O) groups is 2. The van der Waals surface area contributed by atoms with Crippen molar-refractivity contribution in [3.8, 4) is 0 Å². The van der Waals surface area contributed by atoms with Crippen LogP contribution < -0.4 is 0 Å². The van der Waals surface area contributed by atoms with Gasteiger partial charge in [0.15, 0.2) is 5.69 Å². The highest BCUT2D eigenvalue weighted by Gasteiger charge is 2.25. The minimum Gasteiger partial charge on any atom is -0.367 e. The number of carbonyl (C=O) groups excluding carboxylic acids is 2. The van der Waals surface area contributed by atoms with Crippen molar-refractivity contribution in [2.75, 3.05) is 27.2 Å². The molecule has 9 heteroatoms. The molecule has 2 aromatic heterocycles. The van der Waals surface area contributed by atoms with E-state index in [9.17, 15) is 9.59 Å². The molecule has 1 aliphatic heterocycles. The molecule has 0 saturated carbocycles. The van der Waals surface area contributed by atoms with E-state index in [0.717, 1.165) is 34.6 Å². The number of hydrogen-bond donors (Lipinski definition) is 0. The molecule has 1 aliphatic rings. The predicted octanol–water partition coefficient (Wildman–Crippen LogP) is 0.736. The van der Waals surface area contributed by atoms with Crippen LogP contribution in [0.15, 0.2) is 17.8 Å². The molecule has 0 saturated heterocycles. The largest absolute Gasteiger partial charge is 0.367 e. The molecule has 0 atom stereocenters. The molecule has 3 heterocycles. The normalized spacial score (nSPS) is 13.4. The molecule has 0 fully saturated rings. The van der Waals surface area contributed by atoms with E-state index in [-0.39, 0.29) is 18.4 Å². The zero-order valence-corrected chi connectivity index (χ0v) is 15.0. The van der Waals surface area contributed by atoms with E-state index in [1.807, 2.05) is 0 Å². The third kappa shape index (κ3) is 3.99. The van der Waals surface area contributed by atoms with E-state index in [0.29, 0.717) is 25.4 Å². The van der Waals surface area contributed by atoms with Gasteiger partial charge in [-0.3, -0.25) is 14.6 Å². The van der Waals surface area contributed by atoms with Gasteiger partial charge in [0.25, 0.3) is 5.91 Å². The highest BCUT2D eigenvalue weighted by Crippen LogP contribution is 2.23. The highest BCUT2D eigenvalue weighted by molar-refractivity contribution is 7.03. The molecule has 2 amide bonds. The first kappa shape index (κ1) is 17.4. The summed E-state index contributed by atoms with van der Waals surface area (Å²) in [6.07, 6.45) is 4.27. The third-order valence-corrected chi connectivity index (χ3v) is 4.58. The zero-order valence-electron chi connectivity index (χ0n) is 14.1. The lowest BCUT2D eigenvalue weighted by Gasteiger charge is -2.29. The van der Waals surface area contributed by atoms with Gasteiger partial charge in [-0.1, -0.05) is 4.49 Å². The summed E-state index contributed by atoms with van der Waals surface area (Å²) in [5, 5.41) is 5.50. The summed E-state index contributed by atoms with van der Waals surface area (Å²) in [6, 6.07) is 0. The number of pyridine rings is 1. The van der Waals surface area contributed by atoms with Crippen LogP contribution in [0.3, 0.4) is 0 Å². The van der Waals surface area contributed by atoms with Gasteiger partial charge in [0.05, 0.1) is 6.61 Å². The summed E-state index contributed by atoms with van der Waals surface area (Å²) in [7, 11) is 3.39. The number of likely N-dealkylation sites (N-methyl/N-ethyl adjacent to an activating group) is 1. The van der Waals surface area contributed by atoms with Crippen LogP contribution in [0.5, 0.6) is 0 Å². The Morgan fingerprint density at radius 3 is 2.92 bits per heavy atom. The van der Waals surface area contributed by atoms with Crippen molar-refractivity contribution in [1.29, 1.82) is 0 Å². The van der Waals surface area contributed by atoms with E-state index >= 15 is 0 Å². The Hall–Kier alpha value is -2.39.